The minimum absolute atomic E-state index is 0.842. The molecule has 0 aliphatic carbocycles. The van der Waals surface area contributed by atoms with Crippen molar-refractivity contribution in [3.8, 4) is 5.75 Å². The molecule has 0 fully saturated rings. The molecular formula is C15H17NO2. The van der Waals surface area contributed by atoms with Crippen molar-refractivity contribution in [2.75, 3.05) is 14.2 Å². The van der Waals surface area contributed by atoms with Crippen LogP contribution < -0.4 is 4.74 Å². The van der Waals surface area contributed by atoms with Crippen LogP contribution in [0.15, 0.2) is 30.5 Å². The number of rotatable bonds is 3. The predicted octanol–water partition coefficient (Wildman–Crippen LogP) is 3.56. The van der Waals surface area contributed by atoms with Gasteiger partial charge in [-0.15, -0.1) is 0 Å². The molecule has 0 N–H and O–H groups in total. The largest absolute Gasteiger partial charge is 0.496 e. The zero-order chi connectivity index (χ0) is 13.1. The van der Waals surface area contributed by atoms with E-state index in [1.807, 2.05) is 38.1 Å². The number of ether oxygens (including phenoxy) is 2. The highest BCUT2D eigenvalue weighted by Crippen LogP contribution is 2.30. The first-order valence-corrected chi connectivity index (χ1v) is 5.86. The van der Waals surface area contributed by atoms with Gasteiger partial charge in [0.25, 0.3) is 0 Å². The lowest BCUT2D eigenvalue weighted by molar-refractivity contribution is 0.369. The maximum absolute atomic E-state index is 5.37. The van der Waals surface area contributed by atoms with Gasteiger partial charge in [0.2, 0.25) is 0 Å². The molecule has 0 amide bonds. The number of allylic oxidation sites excluding steroid dienone is 1. The van der Waals surface area contributed by atoms with E-state index in [2.05, 4.69) is 4.98 Å². The topological polar surface area (TPSA) is 31.4 Å². The first kappa shape index (κ1) is 12.4. The molecular weight excluding hydrogens is 226 g/mol. The van der Waals surface area contributed by atoms with E-state index in [1.165, 1.54) is 0 Å². The molecule has 0 aliphatic heterocycles. The van der Waals surface area contributed by atoms with Gasteiger partial charge < -0.3 is 9.47 Å². The zero-order valence-electron chi connectivity index (χ0n) is 11.2. The fraction of sp³-hybridized carbons (Fsp3) is 0.267. The number of benzene rings is 1. The fourth-order valence-corrected chi connectivity index (χ4v) is 2.16. The summed E-state index contributed by atoms with van der Waals surface area (Å²) in [7, 11) is 3.35. The van der Waals surface area contributed by atoms with Crippen molar-refractivity contribution in [3.63, 3.8) is 0 Å². The standard InChI is InChI=1S/C15H17NO2/c1-5-13(17-3)11-6-7-12-14(18-4)8-9-16-15(12)10(11)2/h5-9H,1-4H3/b13-5+. The molecule has 3 heteroatoms. The van der Waals surface area contributed by atoms with Crippen molar-refractivity contribution in [1.29, 1.82) is 0 Å². The predicted molar refractivity (Wildman–Crippen MR) is 73.7 cm³/mol. The van der Waals surface area contributed by atoms with Crippen LogP contribution in [0.2, 0.25) is 0 Å². The van der Waals surface area contributed by atoms with Gasteiger partial charge in [-0.25, -0.2) is 0 Å². The molecule has 94 valence electrons. The van der Waals surface area contributed by atoms with Crippen LogP contribution in [0.5, 0.6) is 5.75 Å². The van der Waals surface area contributed by atoms with E-state index < -0.39 is 0 Å². The summed E-state index contributed by atoms with van der Waals surface area (Å²) in [6, 6.07) is 5.93. The Morgan fingerprint density at radius 1 is 1.22 bits per heavy atom. The molecule has 18 heavy (non-hydrogen) atoms. The van der Waals surface area contributed by atoms with E-state index in [9.17, 15) is 0 Å². The summed E-state index contributed by atoms with van der Waals surface area (Å²) in [5.74, 6) is 1.70. The minimum atomic E-state index is 0.842. The van der Waals surface area contributed by atoms with Crippen LogP contribution in [0, 0.1) is 6.92 Å². The SMILES string of the molecule is C/C=C(/OC)c1ccc2c(OC)ccnc2c1C. The lowest BCUT2D eigenvalue weighted by Crippen LogP contribution is -1.95. The van der Waals surface area contributed by atoms with E-state index in [0.717, 1.165) is 33.5 Å². The Bertz CT molecular complexity index is 603. The number of pyridine rings is 1. The average Bonchev–Trinajstić information content (AvgIpc) is 2.42. The fourth-order valence-electron chi connectivity index (χ4n) is 2.16. The summed E-state index contributed by atoms with van der Waals surface area (Å²) in [6.07, 6.45) is 3.72. The Morgan fingerprint density at radius 3 is 2.61 bits per heavy atom. The summed E-state index contributed by atoms with van der Waals surface area (Å²) in [5, 5.41) is 1.02. The normalized spacial score (nSPS) is 11.7. The first-order valence-electron chi connectivity index (χ1n) is 5.86. The molecule has 0 atom stereocenters. The minimum Gasteiger partial charge on any atom is -0.496 e. The Morgan fingerprint density at radius 2 is 2.00 bits per heavy atom. The van der Waals surface area contributed by atoms with Crippen molar-refractivity contribution in [1.82, 2.24) is 4.98 Å². The van der Waals surface area contributed by atoms with E-state index in [4.69, 9.17) is 9.47 Å². The number of hydrogen-bond donors (Lipinski definition) is 0. The molecule has 1 heterocycles. The summed E-state index contributed by atoms with van der Waals surface area (Å²) in [5.41, 5.74) is 3.11. The smallest absolute Gasteiger partial charge is 0.129 e. The summed E-state index contributed by atoms with van der Waals surface area (Å²) < 4.78 is 10.7. The number of hydrogen-bond acceptors (Lipinski definition) is 3. The molecule has 0 saturated heterocycles. The van der Waals surface area contributed by atoms with Gasteiger partial charge in [-0.1, -0.05) is 6.07 Å². The molecule has 0 radical (unpaired) electrons. The van der Waals surface area contributed by atoms with Crippen molar-refractivity contribution >= 4 is 16.7 Å². The van der Waals surface area contributed by atoms with E-state index in [1.54, 1.807) is 20.4 Å². The van der Waals surface area contributed by atoms with Gasteiger partial charge in [0, 0.05) is 17.1 Å². The summed E-state index contributed by atoms with van der Waals surface area (Å²) in [4.78, 5) is 4.44. The molecule has 1 aromatic carbocycles. The number of methoxy groups -OCH3 is 2. The molecule has 0 saturated carbocycles. The van der Waals surface area contributed by atoms with Gasteiger partial charge in [0.1, 0.15) is 11.5 Å². The van der Waals surface area contributed by atoms with Crippen LogP contribution in [0.1, 0.15) is 18.1 Å². The quantitative estimate of drug-likeness (QED) is 0.772. The van der Waals surface area contributed by atoms with E-state index in [0.29, 0.717) is 0 Å². The highest BCUT2D eigenvalue weighted by atomic mass is 16.5. The Hall–Kier alpha value is -2.03. The van der Waals surface area contributed by atoms with Crippen molar-refractivity contribution in [3.05, 3.63) is 41.6 Å². The first-order chi connectivity index (χ1) is 8.72. The molecule has 0 aliphatic rings. The molecule has 2 rings (SSSR count). The van der Waals surface area contributed by atoms with Crippen LogP contribution in [-0.2, 0) is 4.74 Å². The third-order valence-electron chi connectivity index (χ3n) is 3.09. The van der Waals surface area contributed by atoms with E-state index >= 15 is 0 Å². The lowest BCUT2D eigenvalue weighted by Gasteiger charge is -2.12. The van der Waals surface area contributed by atoms with Crippen LogP contribution in [0.25, 0.3) is 16.7 Å². The van der Waals surface area contributed by atoms with Gasteiger partial charge in [-0.05, 0) is 37.6 Å². The molecule has 1 aromatic heterocycles. The van der Waals surface area contributed by atoms with Gasteiger partial charge in [0.05, 0.1) is 19.7 Å². The Labute approximate surface area is 107 Å². The highest BCUT2D eigenvalue weighted by Gasteiger charge is 2.11. The van der Waals surface area contributed by atoms with Crippen LogP contribution in [0.4, 0.5) is 0 Å². The van der Waals surface area contributed by atoms with Crippen molar-refractivity contribution < 1.29 is 9.47 Å². The summed E-state index contributed by atoms with van der Waals surface area (Å²) >= 11 is 0. The number of fused-ring (bicyclic) bond motifs is 1. The van der Waals surface area contributed by atoms with Gasteiger partial charge in [0.15, 0.2) is 0 Å². The molecule has 0 spiro atoms. The Kier molecular flexibility index (Phi) is 3.51. The second kappa shape index (κ2) is 5.08. The van der Waals surface area contributed by atoms with Crippen molar-refractivity contribution in [2.24, 2.45) is 0 Å². The van der Waals surface area contributed by atoms with Crippen molar-refractivity contribution in [2.45, 2.75) is 13.8 Å². The number of nitrogens with zero attached hydrogens (tertiary/aromatic N) is 1. The second-order valence-electron chi connectivity index (χ2n) is 4.00. The Balaban J connectivity index is 2.72. The van der Waals surface area contributed by atoms with Gasteiger partial charge >= 0.3 is 0 Å². The summed E-state index contributed by atoms with van der Waals surface area (Å²) in [6.45, 7) is 4.01. The van der Waals surface area contributed by atoms with Gasteiger partial charge in [-0.2, -0.15) is 0 Å². The third kappa shape index (κ3) is 1.92. The third-order valence-corrected chi connectivity index (χ3v) is 3.09. The van der Waals surface area contributed by atoms with Crippen LogP contribution in [0.3, 0.4) is 0 Å². The van der Waals surface area contributed by atoms with Crippen LogP contribution >= 0.6 is 0 Å². The monoisotopic (exact) mass is 243 g/mol. The van der Waals surface area contributed by atoms with E-state index in [-0.39, 0.29) is 0 Å². The average molecular weight is 243 g/mol. The number of aryl methyl sites for hydroxylation is 1. The zero-order valence-corrected chi connectivity index (χ0v) is 11.2. The highest BCUT2D eigenvalue weighted by molar-refractivity contribution is 5.90. The number of aromatic nitrogens is 1. The molecule has 2 aromatic rings. The maximum atomic E-state index is 5.37. The van der Waals surface area contributed by atoms with Gasteiger partial charge in [-0.3, -0.25) is 4.98 Å². The molecule has 0 unspecified atom stereocenters. The lowest BCUT2D eigenvalue weighted by atomic mass is 10.0. The second-order valence-corrected chi connectivity index (χ2v) is 4.00. The molecule has 3 nitrogen and oxygen atoms in total. The maximum Gasteiger partial charge on any atom is 0.129 e. The van der Waals surface area contributed by atoms with Crippen LogP contribution in [-0.4, -0.2) is 19.2 Å². The molecule has 0 bridgehead atoms.